The van der Waals surface area contributed by atoms with E-state index in [1.165, 1.54) is 50.0 Å². The molecule has 1 fully saturated rings. The number of hydrogen-bond acceptors (Lipinski definition) is 2. The highest BCUT2D eigenvalue weighted by Gasteiger charge is 2.15. The Kier molecular flexibility index (Phi) is 6.75. The average Bonchev–Trinajstić information content (AvgIpc) is 2.46. The molecule has 1 aromatic carbocycles. The molecule has 0 amide bonds. The van der Waals surface area contributed by atoms with Gasteiger partial charge in [0, 0.05) is 6.54 Å². The van der Waals surface area contributed by atoms with E-state index in [1.807, 2.05) is 0 Å². The summed E-state index contributed by atoms with van der Waals surface area (Å²) in [5.41, 5.74) is 2.67. The van der Waals surface area contributed by atoms with E-state index in [-0.39, 0.29) is 0 Å². The van der Waals surface area contributed by atoms with Crippen molar-refractivity contribution in [3.05, 3.63) is 29.3 Å². The molecular weight excluding hydrogens is 270 g/mol. The molecule has 22 heavy (non-hydrogen) atoms. The number of benzene rings is 1. The fourth-order valence-corrected chi connectivity index (χ4v) is 3.31. The van der Waals surface area contributed by atoms with Crippen molar-refractivity contribution in [2.75, 3.05) is 26.2 Å². The van der Waals surface area contributed by atoms with Crippen LogP contribution in [0.5, 0.6) is 5.75 Å². The fraction of sp³-hybridized carbons (Fsp3) is 0.700. The largest absolute Gasteiger partial charge is 0.494 e. The molecule has 2 heteroatoms. The summed E-state index contributed by atoms with van der Waals surface area (Å²) in [7, 11) is 0. The Morgan fingerprint density at radius 1 is 1.23 bits per heavy atom. The van der Waals surface area contributed by atoms with Crippen LogP contribution in [0.15, 0.2) is 18.2 Å². The van der Waals surface area contributed by atoms with Gasteiger partial charge in [0.05, 0.1) is 6.61 Å². The number of hydrogen-bond donors (Lipinski definition) is 0. The van der Waals surface area contributed by atoms with Crippen LogP contribution in [0, 0.1) is 12.8 Å². The van der Waals surface area contributed by atoms with E-state index < -0.39 is 0 Å². The Hall–Kier alpha value is -1.02. The van der Waals surface area contributed by atoms with Crippen molar-refractivity contribution >= 4 is 0 Å². The molecule has 0 spiro atoms. The van der Waals surface area contributed by atoms with Gasteiger partial charge in [0.2, 0.25) is 0 Å². The van der Waals surface area contributed by atoms with Crippen molar-refractivity contribution in [3.63, 3.8) is 0 Å². The first kappa shape index (κ1) is 17.3. The molecule has 1 heterocycles. The Labute approximate surface area is 136 Å². The zero-order valence-corrected chi connectivity index (χ0v) is 14.9. The Morgan fingerprint density at radius 3 is 2.77 bits per heavy atom. The fourth-order valence-electron chi connectivity index (χ4n) is 3.31. The third-order valence-corrected chi connectivity index (χ3v) is 4.62. The van der Waals surface area contributed by atoms with Crippen molar-refractivity contribution in [2.45, 2.75) is 59.3 Å². The summed E-state index contributed by atoms with van der Waals surface area (Å²) in [4.78, 5) is 2.62. The van der Waals surface area contributed by atoms with Gasteiger partial charge in [-0.05, 0) is 80.8 Å². The van der Waals surface area contributed by atoms with Crippen LogP contribution in [0.25, 0.3) is 0 Å². The summed E-state index contributed by atoms with van der Waals surface area (Å²) in [6.07, 6.45) is 5.18. The molecule has 0 aliphatic carbocycles. The number of aryl methyl sites for hydroxylation is 1. The van der Waals surface area contributed by atoms with Gasteiger partial charge in [0.1, 0.15) is 5.75 Å². The van der Waals surface area contributed by atoms with Crippen molar-refractivity contribution in [3.8, 4) is 5.75 Å². The molecule has 1 atom stereocenters. The highest BCUT2D eigenvalue weighted by Crippen LogP contribution is 2.23. The van der Waals surface area contributed by atoms with E-state index in [4.69, 9.17) is 4.74 Å². The predicted octanol–water partition coefficient (Wildman–Crippen LogP) is 5.01. The van der Waals surface area contributed by atoms with Crippen LogP contribution in [0.3, 0.4) is 0 Å². The highest BCUT2D eigenvalue weighted by molar-refractivity contribution is 5.35. The second-order valence-electron chi connectivity index (χ2n) is 7.34. The summed E-state index contributed by atoms with van der Waals surface area (Å²) in [6.45, 7) is 13.6. The maximum Gasteiger partial charge on any atom is 0.119 e. The van der Waals surface area contributed by atoms with Crippen molar-refractivity contribution in [2.24, 2.45) is 5.92 Å². The Morgan fingerprint density at radius 2 is 2.05 bits per heavy atom. The van der Waals surface area contributed by atoms with E-state index in [1.54, 1.807) is 0 Å². The number of nitrogens with zero attached hydrogens (tertiary/aromatic N) is 1. The molecular formula is C20H33NO. The van der Waals surface area contributed by atoms with Crippen molar-refractivity contribution in [1.29, 1.82) is 0 Å². The zero-order valence-electron chi connectivity index (χ0n) is 14.9. The summed E-state index contributed by atoms with van der Waals surface area (Å²) in [5.74, 6) is 2.48. The van der Waals surface area contributed by atoms with E-state index in [9.17, 15) is 0 Å². The predicted molar refractivity (Wildman–Crippen MR) is 94.8 cm³/mol. The third-order valence-electron chi connectivity index (χ3n) is 4.62. The van der Waals surface area contributed by atoms with Crippen LogP contribution in [0.4, 0.5) is 0 Å². The molecule has 2 rings (SSSR count). The zero-order chi connectivity index (χ0) is 15.9. The van der Waals surface area contributed by atoms with Crippen LogP contribution in [0.1, 0.15) is 63.5 Å². The first-order chi connectivity index (χ1) is 10.5. The molecule has 0 bridgehead atoms. The number of rotatable bonds is 7. The minimum Gasteiger partial charge on any atom is -0.494 e. The summed E-state index contributed by atoms with van der Waals surface area (Å²) in [5, 5.41) is 0. The van der Waals surface area contributed by atoms with Gasteiger partial charge in [0.15, 0.2) is 0 Å². The van der Waals surface area contributed by atoms with E-state index >= 15 is 0 Å². The van der Waals surface area contributed by atoms with E-state index in [0.29, 0.717) is 5.92 Å². The van der Waals surface area contributed by atoms with Crippen LogP contribution in [-0.4, -0.2) is 31.1 Å². The number of unbranched alkanes of at least 4 members (excludes halogenated alkanes) is 1. The van der Waals surface area contributed by atoms with Crippen molar-refractivity contribution < 1.29 is 4.74 Å². The van der Waals surface area contributed by atoms with Crippen LogP contribution < -0.4 is 4.74 Å². The average molecular weight is 303 g/mol. The Bertz CT molecular complexity index is 455. The second-order valence-corrected chi connectivity index (χ2v) is 7.34. The molecule has 124 valence electrons. The summed E-state index contributed by atoms with van der Waals surface area (Å²) >= 11 is 0. The Balaban J connectivity index is 1.68. The van der Waals surface area contributed by atoms with Crippen LogP contribution in [-0.2, 0) is 0 Å². The maximum atomic E-state index is 5.97. The lowest BCUT2D eigenvalue weighted by molar-refractivity contribution is 0.177. The molecule has 0 unspecified atom stereocenters. The quantitative estimate of drug-likeness (QED) is 0.657. The third kappa shape index (κ3) is 5.64. The molecule has 2 nitrogen and oxygen atoms in total. The van der Waals surface area contributed by atoms with Gasteiger partial charge in [-0.1, -0.05) is 26.8 Å². The lowest BCUT2D eigenvalue weighted by Crippen LogP contribution is -2.35. The molecule has 1 aliphatic rings. The second kappa shape index (κ2) is 8.57. The molecule has 1 aliphatic heterocycles. The van der Waals surface area contributed by atoms with Crippen LogP contribution >= 0.6 is 0 Å². The molecule has 1 aromatic rings. The van der Waals surface area contributed by atoms with Crippen LogP contribution in [0.2, 0.25) is 0 Å². The van der Waals surface area contributed by atoms with E-state index in [2.05, 4.69) is 50.8 Å². The van der Waals surface area contributed by atoms with E-state index in [0.717, 1.165) is 24.7 Å². The first-order valence-electron chi connectivity index (χ1n) is 9.01. The topological polar surface area (TPSA) is 12.5 Å². The van der Waals surface area contributed by atoms with Gasteiger partial charge < -0.3 is 9.64 Å². The first-order valence-corrected chi connectivity index (χ1v) is 9.01. The van der Waals surface area contributed by atoms with Gasteiger partial charge in [-0.2, -0.15) is 0 Å². The van der Waals surface area contributed by atoms with Gasteiger partial charge >= 0.3 is 0 Å². The smallest absolute Gasteiger partial charge is 0.119 e. The van der Waals surface area contributed by atoms with Gasteiger partial charge in [0.25, 0.3) is 0 Å². The van der Waals surface area contributed by atoms with Gasteiger partial charge in [-0.15, -0.1) is 0 Å². The molecule has 0 N–H and O–H groups in total. The normalized spacial score (nSPS) is 19.6. The summed E-state index contributed by atoms with van der Waals surface area (Å²) in [6, 6.07) is 6.61. The highest BCUT2D eigenvalue weighted by atomic mass is 16.5. The molecule has 1 saturated heterocycles. The maximum absolute atomic E-state index is 5.97. The monoisotopic (exact) mass is 303 g/mol. The summed E-state index contributed by atoms with van der Waals surface area (Å²) < 4.78 is 5.97. The SMILES string of the molecule is Cc1cc(OCCCCN2CCC[C@H](C)C2)cc(C(C)C)c1. The number of likely N-dealkylation sites (tertiary alicyclic amines) is 1. The van der Waals surface area contributed by atoms with Crippen molar-refractivity contribution in [1.82, 2.24) is 4.90 Å². The minimum absolute atomic E-state index is 0.559. The molecule has 0 aromatic heterocycles. The standard InChI is InChI=1S/C20H33NO/c1-16(2)19-12-18(4)13-20(14-19)22-11-6-5-9-21-10-7-8-17(3)15-21/h12-14,16-17H,5-11,15H2,1-4H3/t17-/m0/s1. The molecule has 0 radical (unpaired) electrons. The lowest BCUT2D eigenvalue weighted by atomic mass is 10.0. The van der Waals surface area contributed by atoms with Gasteiger partial charge in [-0.25, -0.2) is 0 Å². The molecule has 0 saturated carbocycles. The van der Waals surface area contributed by atoms with Gasteiger partial charge in [-0.3, -0.25) is 0 Å². The number of ether oxygens (including phenoxy) is 1. The number of piperidine rings is 1. The lowest BCUT2D eigenvalue weighted by Gasteiger charge is -2.30. The minimum atomic E-state index is 0.559.